The minimum absolute atomic E-state index is 0.0782. The minimum atomic E-state index is -0.143. The fourth-order valence-electron chi connectivity index (χ4n) is 4.73. The third-order valence-electron chi connectivity index (χ3n) is 6.86. The summed E-state index contributed by atoms with van der Waals surface area (Å²) in [6, 6.07) is 7.80. The Labute approximate surface area is 186 Å². The summed E-state index contributed by atoms with van der Waals surface area (Å²) in [4.78, 5) is 29.4. The molecule has 1 aliphatic carbocycles. The van der Waals surface area contributed by atoms with Crippen molar-refractivity contribution in [3.05, 3.63) is 35.4 Å². The lowest BCUT2D eigenvalue weighted by molar-refractivity contribution is -0.149. The largest absolute Gasteiger partial charge is 0.365 e. The van der Waals surface area contributed by atoms with E-state index in [9.17, 15) is 9.59 Å². The first-order valence-electron chi connectivity index (χ1n) is 12.1. The van der Waals surface area contributed by atoms with Crippen LogP contribution in [0.15, 0.2) is 24.3 Å². The van der Waals surface area contributed by atoms with Crippen molar-refractivity contribution in [1.82, 2.24) is 15.1 Å². The van der Waals surface area contributed by atoms with Crippen LogP contribution in [0.25, 0.3) is 0 Å². The molecule has 31 heavy (non-hydrogen) atoms. The molecule has 0 bridgehead atoms. The molecule has 1 aromatic carbocycles. The van der Waals surface area contributed by atoms with Crippen LogP contribution >= 0.6 is 0 Å². The molecule has 1 atom stereocenters. The number of piperidine rings is 1. The average molecular weight is 428 g/mol. The Bertz CT molecular complexity index is 739. The highest BCUT2D eigenvalue weighted by Gasteiger charge is 2.31. The molecular formula is C25H37N3O3. The summed E-state index contributed by atoms with van der Waals surface area (Å²) in [6.45, 7) is 7.68. The molecule has 1 unspecified atom stereocenters. The summed E-state index contributed by atoms with van der Waals surface area (Å²) >= 11 is 0. The van der Waals surface area contributed by atoms with Crippen molar-refractivity contribution in [2.24, 2.45) is 11.8 Å². The number of benzene rings is 1. The lowest BCUT2D eigenvalue weighted by atomic mass is 9.95. The predicted octanol–water partition coefficient (Wildman–Crippen LogP) is 2.72. The standard InChI is InChI=1S/C25H37N3O3/c1-2-3-19-6-8-22(9-7-19)25(30)26-14-23-17-28(24(29)18-31-23)16-21-10-12-27(13-11-21)15-20-4-5-20/h6-9,20-21,23H,2-5,10-18H2,1H3,(H,26,30). The highest BCUT2D eigenvalue weighted by Crippen LogP contribution is 2.31. The zero-order valence-corrected chi connectivity index (χ0v) is 18.9. The van der Waals surface area contributed by atoms with Gasteiger partial charge in [-0.3, -0.25) is 9.59 Å². The normalized spacial score (nSPS) is 23.2. The number of morpholine rings is 1. The number of carbonyl (C=O) groups is 2. The average Bonchev–Trinajstić information content (AvgIpc) is 3.60. The maximum Gasteiger partial charge on any atom is 0.251 e. The highest BCUT2D eigenvalue weighted by atomic mass is 16.5. The van der Waals surface area contributed by atoms with E-state index in [4.69, 9.17) is 4.74 Å². The molecule has 3 fully saturated rings. The molecular weight excluding hydrogens is 390 g/mol. The van der Waals surface area contributed by atoms with Crippen molar-refractivity contribution in [2.75, 3.05) is 45.9 Å². The number of nitrogens with zero attached hydrogens (tertiary/aromatic N) is 2. The molecule has 0 spiro atoms. The molecule has 1 N–H and O–H groups in total. The zero-order valence-electron chi connectivity index (χ0n) is 18.9. The molecule has 4 rings (SSSR count). The van der Waals surface area contributed by atoms with Gasteiger partial charge in [-0.1, -0.05) is 25.5 Å². The van der Waals surface area contributed by atoms with Crippen molar-refractivity contribution in [3.8, 4) is 0 Å². The van der Waals surface area contributed by atoms with Crippen molar-refractivity contribution >= 4 is 11.8 Å². The monoisotopic (exact) mass is 427 g/mol. The Morgan fingerprint density at radius 3 is 2.45 bits per heavy atom. The Kier molecular flexibility index (Phi) is 7.62. The predicted molar refractivity (Wildman–Crippen MR) is 121 cm³/mol. The van der Waals surface area contributed by atoms with Crippen LogP contribution in [0.1, 0.15) is 54.9 Å². The number of nitrogens with one attached hydrogen (secondary N) is 1. The Hall–Kier alpha value is -1.92. The third kappa shape index (κ3) is 6.53. The van der Waals surface area contributed by atoms with Gasteiger partial charge in [0.1, 0.15) is 6.61 Å². The van der Waals surface area contributed by atoms with Gasteiger partial charge in [0, 0.05) is 31.7 Å². The summed E-state index contributed by atoms with van der Waals surface area (Å²) < 4.78 is 5.70. The smallest absolute Gasteiger partial charge is 0.251 e. The van der Waals surface area contributed by atoms with E-state index < -0.39 is 0 Å². The fourth-order valence-corrected chi connectivity index (χ4v) is 4.73. The first-order chi connectivity index (χ1) is 15.1. The lowest BCUT2D eigenvalue weighted by Gasteiger charge is -2.38. The van der Waals surface area contributed by atoms with Gasteiger partial charge in [-0.2, -0.15) is 0 Å². The van der Waals surface area contributed by atoms with Crippen LogP contribution in [0.5, 0.6) is 0 Å². The number of rotatable bonds is 9. The Balaban J connectivity index is 1.20. The molecule has 6 nitrogen and oxygen atoms in total. The maximum absolute atomic E-state index is 12.5. The van der Waals surface area contributed by atoms with E-state index >= 15 is 0 Å². The molecule has 1 saturated carbocycles. The molecule has 0 aromatic heterocycles. The fraction of sp³-hybridized carbons (Fsp3) is 0.680. The Morgan fingerprint density at radius 1 is 1.06 bits per heavy atom. The van der Waals surface area contributed by atoms with Gasteiger partial charge in [-0.25, -0.2) is 0 Å². The van der Waals surface area contributed by atoms with Gasteiger partial charge in [0.25, 0.3) is 5.91 Å². The second kappa shape index (κ2) is 10.6. The van der Waals surface area contributed by atoms with Crippen molar-refractivity contribution in [2.45, 2.75) is 51.6 Å². The second-order valence-electron chi connectivity index (χ2n) is 9.58. The molecule has 170 valence electrons. The van der Waals surface area contributed by atoms with E-state index in [1.54, 1.807) is 0 Å². The molecule has 2 heterocycles. The molecule has 6 heteroatoms. The highest BCUT2D eigenvalue weighted by molar-refractivity contribution is 5.94. The van der Waals surface area contributed by atoms with Gasteiger partial charge >= 0.3 is 0 Å². The summed E-state index contributed by atoms with van der Waals surface area (Å²) in [5.41, 5.74) is 1.92. The van der Waals surface area contributed by atoms with Gasteiger partial charge in [-0.15, -0.1) is 0 Å². The number of likely N-dealkylation sites (tertiary alicyclic amines) is 1. The van der Waals surface area contributed by atoms with E-state index in [0.29, 0.717) is 24.6 Å². The maximum atomic E-state index is 12.5. The first kappa shape index (κ1) is 22.3. The topological polar surface area (TPSA) is 61.9 Å². The van der Waals surface area contributed by atoms with Gasteiger partial charge in [0.2, 0.25) is 5.91 Å². The Morgan fingerprint density at radius 2 is 1.77 bits per heavy atom. The number of ether oxygens (including phenoxy) is 1. The summed E-state index contributed by atoms with van der Waals surface area (Å²) in [7, 11) is 0. The van der Waals surface area contributed by atoms with Gasteiger partial charge in [0.05, 0.1) is 6.10 Å². The van der Waals surface area contributed by atoms with Crippen LogP contribution in [-0.4, -0.2) is 73.6 Å². The van der Waals surface area contributed by atoms with Crippen LogP contribution in [0.4, 0.5) is 0 Å². The van der Waals surface area contributed by atoms with Crippen LogP contribution in [0.2, 0.25) is 0 Å². The molecule has 2 saturated heterocycles. The van der Waals surface area contributed by atoms with E-state index in [1.807, 2.05) is 29.2 Å². The molecule has 1 aromatic rings. The van der Waals surface area contributed by atoms with Gasteiger partial charge in [-0.05, 0) is 74.7 Å². The molecule has 3 aliphatic rings. The quantitative estimate of drug-likeness (QED) is 0.658. The van der Waals surface area contributed by atoms with Crippen molar-refractivity contribution in [3.63, 3.8) is 0 Å². The van der Waals surface area contributed by atoms with Crippen LogP contribution in [0.3, 0.4) is 0 Å². The second-order valence-corrected chi connectivity index (χ2v) is 9.58. The van der Waals surface area contributed by atoms with Gasteiger partial charge < -0.3 is 19.9 Å². The van der Waals surface area contributed by atoms with E-state index in [2.05, 4.69) is 17.1 Å². The molecule has 0 radical (unpaired) electrons. The lowest BCUT2D eigenvalue weighted by Crippen LogP contribution is -2.52. The first-order valence-corrected chi connectivity index (χ1v) is 12.1. The number of aryl methyl sites for hydroxylation is 1. The number of carbonyl (C=O) groups excluding carboxylic acids is 2. The summed E-state index contributed by atoms with van der Waals surface area (Å²) in [5, 5.41) is 2.98. The van der Waals surface area contributed by atoms with Crippen LogP contribution in [0, 0.1) is 11.8 Å². The number of hydrogen-bond acceptors (Lipinski definition) is 4. The van der Waals surface area contributed by atoms with E-state index in [1.165, 1.54) is 37.8 Å². The third-order valence-corrected chi connectivity index (χ3v) is 6.86. The van der Waals surface area contributed by atoms with Crippen molar-refractivity contribution in [1.29, 1.82) is 0 Å². The number of hydrogen-bond donors (Lipinski definition) is 1. The van der Waals surface area contributed by atoms with Crippen molar-refractivity contribution < 1.29 is 14.3 Å². The van der Waals surface area contributed by atoms with E-state index in [0.717, 1.165) is 38.4 Å². The minimum Gasteiger partial charge on any atom is -0.365 e. The summed E-state index contributed by atoms with van der Waals surface area (Å²) in [5.74, 6) is 1.52. The van der Waals surface area contributed by atoms with Crippen LogP contribution < -0.4 is 5.32 Å². The zero-order chi connectivity index (χ0) is 21.6. The molecule has 2 aliphatic heterocycles. The summed E-state index contributed by atoms with van der Waals surface area (Å²) in [6.07, 6.45) is 7.14. The van der Waals surface area contributed by atoms with Crippen LogP contribution in [-0.2, 0) is 16.0 Å². The molecule has 2 amide bonds. The number of amides is 2. The van der Waals surface area contributed by atoms with E-state index in [-0.39, 0.29) is 24.5 Å². The SMILES string of the molecule is CCCc1ccc(C(=O)NCC2CN(CC3CCN(CC4CC4)CC3)C(=O)CO2)cc1. The van der Waals surface area contributed by atoms with Gasteiger partial charge in [0.15, 0.2) is 0 Å².